The van der Waals surface area contributed by atoms with Crippen LogP contribution in [0.2, 0.25) is 0 Å². The van der Waals surface area contributed by atoms with Gasteiger partial charge in [-0.3, -0.25) is 4.79 Å². The van der Waals surface area contributed by atoms with Crippen LogP contribution in [0.15, 0.2) is 22.6 Å². The first-order chi connectivity index (χ1) is 14.8. The Morgan fingerprint density at radius 1 is 1.22 bits per heavy atom. The van der Waals surface area contributed by atoms with Gasteiger partial charge in [-0.25, -0.2) is 17.6 Å². The van der Waals surface area contributed by atoms with Crippen LogP contribution in [-0.4, -0.2) is 48.6 Å². The second kappa shape index (κ2) is 7.53. The molecule has 1 aliphatic carbocycles. The van der Waals surface area contributed by atoms with Crippen molar-refractivity contribution in [2.24, 2.45) is 5.92 Å². The number of aliphatic hydroxyl groups excluding tert-OH is 1. The first-order valence-corrected chi connectivity index (χ1v) is 9.90. The summed E-state index contributed by atoms with van der Waals surface area (Å²) in [7, 11) is 0. The van der Waals surface area contributed by atoms with Crippen LogP contribution in [-0.2, 0) is 6.18 Å². The summed E-state index contributed by atoms with van der Waals surface area (Å²) in [6.45, 7) is -1.70. The lowest BCUT2D eigenvalue weighted by Gasteiger charge is -2.40. The SMILES string of the molecule is O=C1NCCN(CC(F)(F)C2CC(O)CCC2(F)F)c2c1oc1ccc(C(F)(F)F)cc21. The van der Waals surface area contributed by atoms with Crippen molar-refractivity contribution in [1.29, 1.82) is 0 Å². The monoisotopic (exact) mass is 468 g/mol. The average Bonchev–Trinajstić information content (AvgIpc) is 3.00. The highest BCUT2D eigenvalue weighted by atomic mass is 19.4. The summed E-state index contributed by atoms with van der Waals surface area (Å²) in [6, 6.07) is 2.38. The maximum absolute atomic E-state index is 15.1. The number of carbonyl (C=O) groups excluding carboxylic acids is 1. The van der Waals surface area contributed by atoms with Crippen molar-refractivity contribution in [3.8, 4) is 0 Å². The molecule has 2 unspecified atom stereocenters. The highest BCUT2D eigenvalue weighted by Crippen LogP contribution is 2.48. The number of fused-ring (bicyclic) bond motifs is 3. The first-order valence-electron chi connectivity index (χ1n) is 9.90. The van der Waals surface area contributed by atoms with Crippen molar-refractivity contribution in [2.45, 2.75) is 43.4 Å². The Morgan fingerprint density at radius 3 is 2.62 bits per heavy atom. The van der Waals surface area contributed by atoms with Crippen molar-refractivity contribution < 1.29 is 45.1 Å². The summed E-state index contributed by atoms with van der Waals surface area (Å²) in [4.78, 5) is 13.2. The maximum atomic E-state index is 15.1. The summed E-state index contributed by atoms with van der Waals surface area (Å²) in [6.07, 6.45) is -8.07. The molecular formula is C20H19F7N2O3. The Morgan fingerprint density at radius 2 is 1.94 bits per heavy atom. The lowest BCUT2D eigenvalue weighted by atomic mass is 9.79. The second-order valence-corrected chi connectivity index (χ2v) is 8.17. The Labute approximate surface area is 177 Å². The standard InChI is InChI=1S/C20H19F7N2O3/c21-18(22)4-3-11(30)8-14(18)19(23,24)9-29-6-5-28-17(31)16-15(29)12-7-10(20(25,26)27)1-2-13(12)32-16/h1-2,7,11,14,30H,3-6,8-9H2,(H,28,31). The van der Waals surface area contributed by atoms with E-state index in [1.54, 1.807) is 0 Å². The average molecular weight is 468 g/mol. The van der Waals surface area contributed by atoms with Crippen LogP contribution in [0.3, 0.4) is 0 Å². The topological polar surface area (TPSA) is 65.7 Å². The molecule has 1 aliphatic heterocycles. The Hall–Kier alpha value is -2.50. The number of carbonyl (C=O) groups is 1. The molecule has 176 valence electrons. The molecule has 1 amide bonds. The fraction of sp³-hybridized carbons (Fsp3) is 0.550. The summed E-state index contributed by atoms with van der Waals surface area (Å²) >= 11 is 0. The Bertz CT molecular complexity index is 1030. The maximum Gasteiger partial charge on any atom is 0.416 e. The molecule has 12 heteroatoms. The highest BCUT2D eigenvalue weighted by Gasteiger charge is 2.57. The zero-order chi connectivity index (χ0) is 23.5. The van der Waals surface area contributed by atoms with E-state index in [1.165, 1.54) is 0 Å². The third-order valence-electron chi connectivity index (χ3n) is 5.92. The number of anilines is 1. The largest absolute Gasteiger partial charge is 0.449 e. The van der Waals surface area contributed by atoms with Gasteiger partial charge in [0.25, 0.3) is 17.8 Å². The van der Waals surface area contributed by atoms with Crippen molar-refractivity contribution in [2.75, 3.05) is 24.5 Å². The van der Waals surface area contributed by atoms with E-state index >= 15 is 8.78 Å². The molecule has 1 fully saturated rings. The molecule has 1 saturated carbocycles. The van der Waals surface area contributed by atoms with Gasteiger partial charge in [0.05, 0.1) is 29.8 Å². The lowest BCUT2D eigenvalue weighted by molar-refractivity contribution is -0.199. The third-order valence-corrected chi connectivity index (χ3v) is 5.92. The van der Waals surface area contributed by atoms with E-state index in [0.717, 1.165) is 17.0 Å². The Kier molecular flexibility index (Phi) is 5.34. The molecule has 5 nitrogen and oxygen atoms in total. The minimum absolute atomic E-state index is 0.133. The minimum Gasteiger partial charge on any atom is -0.449 e. The van der Waals surface area contributed by atoms with Crippen molar-refractivity contribution >= 4 is 22.6 Å². The number of nitrogens with zero attached hydrogens (tertiary/aromatic N) is 1. The number of rotatable bonds is 3. The Balaban J connectivity index is 1.77. The molecule has 2 aromatic rings. The van der Waals surface area contributed by atoms with Gasteiger partial charge in [0, 0.05) is 24.9 Å². The van der Waals surface area contributed by atoms with Gasteiger partial charge in [0.1, 0.15) is 5.58 Å². The van der Waals surface area contributed by atoms with Crippen LogP contribution in [0.1, 0.15) is 35.4 Å². The van der Waals surface area contributed by atoms with Gasteiger partial charge in [0.2, 0.25) is 5.76 Å². The third kappa shape index (κ3) is 4.00. The van der Waals surface area contributed by atoms with Gasteiger partial charge in [0.15, 0.2) is 0 Å². The number of hydrogen-bond acceptors (Lipinski definition) is 4. The smallest absolute Gasteiger partial charge is 0.416 e. The van der Waals surface area contributed by atoms with Gasteiger partial charge in [-0.15, -0.1) is 0 Å². The van der Waals surface area contributed by atoms with E-state index in [0.29, 0.717) is 6.07 Å². The summed E-state index contributed by atoms with van der Waals surface area (Å²) < 4.78 is 104. The number of alkyl halides is 7. The number of amides is 1. The molecule has 32 heavy (non-hydrogen) atoms. The number of aliphatic hydroxyl groups is 1. The van der Waals surface area contributed by atoms with Crippen LogP contribution in [0.5, 0.6) is 0 Å². The molecule has 4 rings (SSSR count). The van der Waals surface area contributed by atoms with Gasteiger partial charge < -0.3 is 19.7 Å². The fourth-order valence-electron chi connectivity index (χ4n) is 4.33. The van der Waals surface area contributed by atoms with E-state index in [-0.39, 0.29) is 36.2 Å². The lowest BCUT2D eigenvalue weighted by Crippen LogP contribution is -2.52. The van der Waals surface area contributed by atoms with E-state index in [9.17, 15) is 31.9 Å². The second-order valence-electron chi connectivity index (χ2n) is 8.17. The summed E-state index contributed by atoms with van der Waals surface area (Å²) in [5.41, 5.74) is -1.51. The quantitative estimate of drug-likeness (QED) is 0.655. The fourth-order valence-corrected chi connectivity index (χ4v) is 4.33. The number of hydrogen-bond donors (Lipinski definition) is 2. The summed E-state index contributed by atoms with van der Waals surface area (Å²) in [5, 5.41) is 11.8. The molecule has 0 spiro atoms. The van der Waals surface area contributed by atoms with E-state index in [1.807, 2.05) is 0 Å². The molecular weight excluding hydrogens is 449 g/mol. The molecule has 1 aromatic heterocycles. The van der Waals surface area contributed by atoms with Crippen molar-refractivity contribution in [1.82, 2.24) is 5.32 Å². The number of benzene rings is 1. The zero-order valence-electron chi connectivity index (χ0n) is 16.5. The highest BCUT2D eigenvalue weighted by molar-refractivity contribution is 6.07. The number of nitrogens with one attached hydrogen (secondary N) is 1. The minimum atomic E-state index is -4.74. The van der Waals surface area contributed by atoms with Crippen molar-refractivity contribution in [3.63, 3.8) is 0 Å². The van der Waals surface area contributed by atoms with Crippen LogP contribution in [0.4, 0.5) is 36.4 Å². The van der Waals surface area contributed by atoms with Gasteiger partial charge in [-0.2, -0.15) is 13.2 Å². The molecule has 0 saturated heterocycles. The molecule has 1 aromatic carbocycles. The van der Waals surface area contributed by atoms with Crippen LogP contribution in [0, 0.1) is 5.92 Å². The number of halogens is 7. The number of furan rings is 1. The van der Waals surface area contributed by atoms with Crippen molar-refractivity contribution in [3.05, 3.63) is 29.5 Å². The van der Waals surface area contributed by atoms with E-state index in [2.05, 4.69) is 5.32 Å². The van der Waals surface area contributed by atoms with Crippen LogP contribution >= 0.6 is 0 Å². The zero-order valence-corrected chi connectivity index (χ0v) is 16.5. The predicted octanol–water partition coefficient (Wildman–Crippen LogP) is 4.43. The van der Waals surface area contributed by atoms with Gasteiger partial charge in [-0.1, -0.05) is 0 Å². The molecule has 2 heterocycles. The van der Waals surface area contributed by atoms with Gasteiger partial charge in [-0.05, 0) is 31.0 Å². The molecule has 2 N–H and O–H groups in total. The van der Waals surface area contributed by atoms with E-state index in [4.69, 9.17) is 4.42 Å². The van der Waals surface area contributed by atoms with Crippen LogP contribution in [0.25, 0.3) is 11.0 Å². The predicted molar refractivity (Wildman–Crippen MR) is 99.0 cm³/mol. The first kappa shape index (κ1) is 22.7. The molecule has 2 atom stereocenters. The van der Waals surface area contributed by atoms with Crippen LogP contribution < -0.4 is 10.2 Å². The molecule has 0 bridgehead atoms. The molecule has 2 aliphatic rings. The van der Waals surface area contributed by atoms with Gasteiger partial charge >= 0.3 is 6.18 Å². The normalized spacial score (nSPS) is 24.2. The van der Waals surface area contributed by atoms with E-state index < -0.39 is 66.7 Å². The summed E-state index contributed by atoms with van der Waals surface area (Å²) in [5.74, 6) is -11.5. The molecule has 0 radical (unpaired) electrons.